The summed E-state index contributed by atoms with van der Waals surface area (Å²) in [4.78, 5) is 46.2. The fourth-order valence-corrected chi connectivity index (χ4v) is 8.71. The van der Waals surface area contributed by atoms with E-state index in [1.807, 2.05) is 91.0 Å². The maximum atomic E-state index is 14.2. The lowest BCUT2D eigenvalue weighted by molar-refractivity contribution is -0.0685. The average Bonchev–Trinajstić information content (AvgIpc) is 3.35. The number of halogens is 3. The molecule has 0 fully saturated rings. The fraction of sp³-hybridized carbons (Fsp3) is 0.0980. The van der Waals surface area contributed by atoms with Crippen molar-refractivity contribution >= 4 is 69.0 Å². The highest BCUT2D eigenvalue weighted by Crippen LogP contribution is 2.34. The van der Waals surface area contributed by atoms with Gasteiger partial charge in [-0.3, -0.25) is 4.18 Å². The highest BCUT2D eigenvalue weighted by atomic mass is 35.5. The standard InChI is InChI=1S/C51H38Cl3NO10S/c1-61-55-31-45(63-50(57)40-25-19-37(20-26-40)34-13-7-3-8-14-34)48(64-51(58)41-27-21-38(22-28-41)35-15-9-4-10-16-35)46(65-66(59,60)47-30-43(53)42(52)29-44(47)54)32-62-49(56)39-23-17-36(18-24-39)33-11-5-2-6-12-33/h2-31,45-46,48H,32H2,1H3/b55-31+/t45-,46+,48-/m1/s1. The largest absolute Gasteiger partial charge is 0.459 e. The first-order valence-electron chi connectivity index (χ1n) is 20.1. The monoisotopic (exact) mass is 961 g/mol. The van der Waals surface area contributed by atoms with Crippen molar-refractivity contribution in [1.82, 2.24) is 0 Å². The number of esters is 3. The smallest absolute Gasteiger partial charge is 0.338 e. The average molecular weight is 963 g/mol. The summed E-state index contributed by atoms with van der Waals surface area (Å²) < 4.78 is 51.9. The molecule has 0 amide bonds. The second-order valence-corrected chi connectivity index (χ2v) is 17.2. The molecular formula is C51H38Cl3NO10S. The van der Waals surface area contributed by atoms with E-state index in [-0.39, 0.29) is 31.8 Å². The Morgan fingerprint density at radius 1 is 0.530 bits per heavy atom. The van der Waals surface area contributed by atoms with Gasteiger partial charge >= 0.3 is 17.9 Å². The topological polar surface area (TPSA) is 144 Å². The van der Waals surface area contributed by atoms with Crippen molar-refractivity contribution in [2.45, 2.75) is 23.2 Å². The Hall–Kier alpha value is -6.80. The normalized spacial score (nSPS) is 12.7. The van der Waals surface area contributed by atoms with E-state index in [2.05, 4.69) is 5.16 Å². The zero-order chi connectivity index (χ0) is 46.6. The Labute approximate surface area is 396 Å². The van der Waals surface area contributed by atoms with Crippen LogP contribution < -0.4 is 0 Å². The van der Waals surface area contributed by atoms with E-state index in [1.54, 1.807) is 36.4 Å². The molecule has 11 nitrogen and oxygen atoms in total. The van der Waals surface area contributed by atoms with Crippen LogP contribution >= 0.6 is 34.8 Å². The molecule has 0 radical (unpaired) electrons. The van der Waals surface area contributed by atoms with Gasteiger partial charge in [0.15, 0.2) is 18.3 Å². The Kier molecular flexibility index (Phi) is 15.7. The van der Waals surface area contributed by atoms with E-state index >= 15 is 0 Å². The maximum absolute atomic E-state index is 14.2. The maximum Gasteiger partial charge on any atom is 0.338 e. The molecule has 0 bridgehead atoms. The summed E-state index contributed by atoms with van der Waals surface area (Å²) in [6.45, 7) is -0.900. The third-order valence-corrected chi connectivity index (χ3v) is 12.6. The summed E-state index contributed by atoms with van der Waals surface area (Å²) in [5, 5.41) is 3.22. The van der Waals surface area contributed by atoms with Gasteiger partial charge < -0.3 is 19.0 Å². The van der Waals surface area contributed by atoms with Gasteiger partial charge in [0.2, 0.25) is 0 Å². The van der Waals surface area contributed by atoms with Crippen molar-refractivity contribution < 1.29 is 46.0 Å². The van der Waals surface area contributed by atoms with Crippen LogP contribution in [0.3, 0.4) is 0 Å². The van der Waals surface area contributed by atoms with Gasteiger partial charge in [0.1, 0.15) is 18.6 Å². The van der Waals surface area contributed by atoms with E-state index in [0.29, 0.717) is 0 Å². The third-order valence-electron chi connectivity index (χ3n) is 10.0. The first-order chi connectivity index (χ1) is 31.9. The van der Waals surface area contributed by atoms with Gasteiger partial charge in [-0.1, -0.05) is 167 Å². The third kappa shape index (κ3) is 11.9. The molecule has 3 atom stereocenters. The highest BCUT2D eigenvalue weighted by Gasteiger charge is 2.41. The van der Waals surface area contributed by atoms with Crippen LogP contribution in [0.25, 0.3) is 33.4 Å². The lowest BCUT2D eigenvalue weighted by atomic mass is 10.0. The number of hydrogen-bond donors (Lipinski definition) is 0. The number of carbonyl (C=O) groups excluding carboxylic acids is 3. The molecule has 7 aromatic rings. The number of rotatable bonds is 17. The second kappa shape index (κ2) is 21.9. The minimum Gasteiger partial charge on any atom is -0.459 e. The molecule has 0 aliphatic heterocycles. The van der Waals surface area contributed by atoms with Crippen molar-refractivity contribution in [2.24, 2.45) is 5.16 Å². The lowest BCUT2D eigenvalue weighted by Crippen LogP contribution is -2.48. The number of nitrogens with zero attached hydrogens (tertiary/aromatic N) is 1. The van der Waals surface area contributed by atoms with E-state index in [9.17, 15) is 22.8 Å². The van der Waals surface area contributed by atoms with Crippen LogP contribution in [0.2, 0.25) is 15.1 Å². The predicted octanol–water partition coefficient (Wildman–Crippen LogP) is 11.7. The zero-order valence-corrected chi connectivity index (χ0v) is 37.9. The molecule has 0 heterocycles. The molecule has 334 valence electrons. The Bertz CT molecular complexity index is 2920. The minimum absolute atomic E-state index is 0.0228. The van der Waals surface area contributed by atoms with Gasteiger partial charge in [-0.15, -0.1) is 0 Å². The quantitative estimate of drug-likeness (QED) is 0.0216. The number of carbonyl (C=O) groups is 3. The molecule has 0 unspecified atom stereocenters. The summed E-state index contributed by atoms with van der Waals surface area (Å²) in [7, 11) is -3.79. The molecular weight excluding hydrogens is 925 g/mol. The molecule has 66 heavy (non-hydrogen) atoms. The SMILES string of the molecule is CO/N=C/[C@@H](OC(=O)c1ccc(-c2ccccc2)cc1)[C@@H](OC(=O)c1ccc(-c2ccccc2)cc1)[C@H](COC(=O)c1ccc(-c2ccccc2)cc1)OS(=O)(=O)c1cc(Cl)c(Cl)cc1Cl. The summed E-state index contributed by atoms with van der Waals surface area (Å²) in [6.07, 6.45) is -4.68. The number of ether oxygens (including phenoxy) is 3. The fourth-order valence-electron chi connectivity index (χ4n) is 6.66. The van der Waals surface area contributed by atoms with Crippen molar-refractivity contribution in [3.05, 3.63) is 208 Å². The summed E-state index contributed by atoms with van der Waals surface area (Å²) in [5.41, 5.74) is 5.29. The van der Waals surface area contributed by atoms with Gasteiger partial charge in [-0.2, -0.15) is 8.42 Å². The Morgan fingerprint density at radius 2 is 0.924 bits per heavy atom. The molecule has 15 heteroatoms. The van der Waals surface area contributed by atoms with Crippen LogP contribution in [0.4, 0.5) is 0 Å². The van der Waals surface area contributed by atoms with Gasteiger partial charge in [-0.05, 0) is 81.9 Å². The molecule has 0 aromatic heterocycles. The van der Waals surface area contributed by atoms with Gasteiger partial charge in [0, 0.05) is 0 Å². The first-order valence-corrected chi connectivity index (χ1v) is 22.6. The van der Waals surface area contributed by atoms with Crippen LogP contribution in [0.5, 0.6) is 0 Å². The number of hydrogen-bond acceptors (Lipinski definition) is 11. The molecule has 0 saturated heterocycles. The lowest BCUT2D eigenvalue weighted by Gasteiger charge is -2.30. The molecule has 0 saturated carbocycles. The van der Waals surface area contributed by atoms with E-state index < -0.39 is 57.8 Å². The summed E-state index contributed by atoms with van der Waals surface area (Å²) in [5.74, 6) is -2.83. The summed E-state index contributed by atoms with van der Waals surface area (Å²) >= 11 is 18.7. The second-order valence-electron chi connectivity index (χ2n) is 14.4. The van der Waals surface area contributed by atoms with E-state index in [0.717, 1.165) is 51.7 Å². The predicted molar refractivity (Wildman–Crippen MR) is 253 cm³/mol. The van der Waals surface area contributed by atoms with Crippen molar-refractivity contribution in [2.75, 3.05) is 13.7 Å². The van der Waals surface area contributed by atoms with E-state index in [1.165, 1.54) is 43.5 Å². The van der Waals surface area contributed by atoms with Crippen LogP contribution in [-0.2, 0) is 33.3 Å². The molecule has 0 aliphatic rings. The minimum atomic E-state index is -5.00. The van der Waals surface area contributed by atoms with Crippen LogP contribution in [0.1, 0.15) is 31.1 Å². The molecule has 7 aromatic carbocycles. The van der Waals surface area contributed by atoms with Gasteiger partial charge in [0.05, 0.1) is 38.0 Å². The Morgan fingerprint density at radius 3 is 1.36 bits per heavy atom. The molecule has 7 rings (SSSR count). The highest BCUT2D eigenvalue weighted by molar-refractivity contribution is 7.87. The van der Waals surface area contributed by atoms with Gasteiger partial charge in [-0.25, -0.2) is 14.4 Å². The van der Waals surface area contributed by atoms with Crippen LogP contribution in [0, 0.1) is 0 Å². The van der Waals surface area contributed by atoms with Crippen molar-refractivity contribution in [1.29, 1.82) is 0 Å². The molecule has 0 spiro atoms. The number of benzene rings is 7. The van der Waals surface area contributed by atoms with E-state index in [4.69, 9.17) is 58.0 Å². The van der Waals surface area contributed by atoms with Crippen molar-refractivity contribution in [3.63, 3.8) is 0 Å². The molecule has 0 N–H and O–H groups in total. The molecule has 0 aliphatic carbocycles. The first kappa shape index (κ1) is 47.2. The summed E-state index contributed by atoms with van der Waals surface area (Å²) in [6, 6.07) is 49.7. The number of oxime groups is 1. The van der Waals surface area contributed by atoms with Crippen LogP contribution in [-0.4, -0.2) is 64.6 Å². The van der Waals surface area contributed by atoms with Crippen molar-refractivity contribution in [3.8, 4) is 33.4 Å². The van der Waals surface area contributed by atoms with Crippen LogP contribution in [0.15, 0.2) is 186 Å². The van der Waals surface area contributed by atoms with Gasteiger partial charge in [0.25, 0.3) is 10.1 Å². The Balaban J connectivity index is 1.26. The zero-order valence-electron chi connectivity index (χ0n) is 34.8.